The fraction of sp³-hybridized carbons (Fsp3) is 0.600. The van der Waals surface area contributed by atoms with E-state index < -0.39 is 31.5 Å². The summed E-state index contributed by atoms with van der Waals surface area (Å²) >= 11 is 1.80. The highest BCUT2D eigenvalue weighted by atomic mass is 32.1. The normalized spacial score (nSPS) is 16.2. The first-order valence-corrected chi connectivity index (χ1v) is 19.2. The van der Waals surface area contributed by atoms with Crippen LogP contribution in [0.4, 0.5) is 18.0 Å². The number of piperidine rings is 1. The average molecular weight is 663 g/mol. The number of alkyl halides is 3. The number of likely N-dealkylation sites (tertiary alicyclic amines) is 1. The lowest BCUT2D eigenvalue weighted by molar-refractivity contribution is -0.137. The lowest BCUT2D eigenvalue weighted by Gasteiger charge is -2.41. The summed E-state index contributed by atoms with van der Waals surface area (Å²) in [5.41, 5.74) is 2.16. The average Bonchev–Trinajstić information content (AvgIpc) is 3.36. The Hall–Kier alpha value is -2.59. The van der Waals surface area contributed by atoms with E-state index in [1.165, 1.54) is 16.8 Å². The van der Waals surface area contributed by atoms with Crippen molar-refractivity contribution in [3.8, 4) is 5.75 Å². The summed E-state index contributed by atoms with van der Waals surface area (Å²) in [5.74, 6) is 0.647. The molecule has 1 aromatic heterocycles. The zero-order valence-corrected chi connectivity index (χ0v) is 29.9. The number of fused-ring (bicyclic) bond motifs is 1. The van der Waals surface area contributed by atoms with Gasteiger partial charge in [-0.3, -0.25) is 0 Å². The summed E-state index contributed by atoms with van der Waals surface area (Å²) in [5, 5.41) is 0. The van der Waals surface area contributed by atoms with Gasteiger partial charge in [0.25, 0.3) is 0 Å². The van der Waals surface area contributed by atoms with Crippen molar-refractivity contribution in [2.24, 2.45) is 5.92 Å². The Morgan fingerprint density at radius 2 is 1.53 bits per heavy atom. The molecule has 45 heavy (non-hydrogen) atoms. The van der Waals surface area contributed by atoms with Crippen molar-refractivity contribution >= 4 is 40.4 Å². The molecule has 0 saturated carbocycles. The van der Waals surface area contributed by atoms with Crippen molar-refractivity contribution < 1.29 is 27.4 Å². The second-order valence-corrected chi connectivity index (χ2v) is 21.6. The van der Waals surface area contributed by atoms with Gasteiger partial charge in [-0.2, -0.15) is 13.2 Å². The van der Waals surface area contributed by atoms with Crippen LogP contribution in [-0.2, 0) is 10.9 Å². The molecule has 1 atom stereocenters. The van der Waals surface area contributed by atoms with E-state index in [-0.39, 0.29) is 12.0 Å². The third-order valence-corrected chi connectivity index (χ3v) is 18.1. The quantitative estimate of drug-likeness (QED) is 0.214. The summed E-state index contributed by atoms with van der Waals surface area (Å²) in [6.07, 6.45) is -2.89. The maximum absolute atomic E-state index is 13.3. The molecule has 1 fully saturated rings. The molecule has 1 amide bonds. The van der Waals surface area contributed by atoms with Gasteiger partial charge in [0.15, 0.2) is 0 Å². The van der Waals surface area contributed by atoms with Gasteiger partial charge in [0.05, 0.1) is 20.4 Å². The number of ether oxygens (including phenoxy) is 2. The van der Waals surface area contributed by atoms with Crippen LogP contribution in [0.15, 0.2) is 42.5 Å². The number of halogens is 3. The monoisotopic (exact) mass is 662 g/mol. The van der Waals surface area contributed by atoms with Crippen molar-refractivity contribution in [1.29, 1.82) is 0 Å². The van der Waals surface area contributed by atoms with Gasteiger partial charge in [0.2, 0.25) is 0 Å². The first-order chi connectivity index (χ1) is 20.9. The molecule has 1 unspecified atom stereocenters. The van der Waals surface area contributed by atoms with Crippen LogP contribution in [0.1, 0.15) is 98.8 Å². The van der Waals surface area contributed by atoms with E-state index in [4.69, 9.17) is 14.5 Å². The van der Waals surface area contributed by atoms with E-state index >= 15 is 0 Å². The molecule has 0 N–H and O–H groups in total. The number of nitrogens with zero attached hydrogens (tertiary/aromatic N) is 2. The molecule has 1 aliphatic rings. The molecule has 4 rings (SSSR count). The maximum atomic E-state index is 13.3. The largest absolute Gasteiger partial charge is 0.486 e. The van der Waals surface area contributed by atoms with Gasteiger partial charge in [-0.25, -0.2) is 9.78 Å². The molecule has 0 aliphatic carbocycles. The molecule has 10 heteroatoms. The first kappa shape index (κ1) is 35.3. The number of benzene rings is 2. The Labute approximate surface area is 271 Å². The van der Waals surface area contributed by atoms with Crippen LogP contribution in [0.25, 0.3) is 10.2 Å². The predicted octanol–water partition coefficient (Wildman–Crippen LogP) is 10.4. The molecule has 248 valence electrons. The van der Waals surface area contributed by atoms with Crippen LogP contribution >= 0.6 is 11.3 Å². The van der Waals surface area contributed by atoms with Gasteiger partial charge >= 0.3 is 12.3 Å². The second kappa shape index (κ2) is 13.6. The number of carbonyl (C=O) groups excluding carboxylic acids is 1. The van der Waals surface area contributed by atoms with Gasteiger partial charge in [0, 0.05) is 18.7 Å². The first-order valence-electron chi connectivity index (χ1n) is 16.1. The van der Waals surface area contributed by atoms with Crippen LogP contribution in [0, 0.1) is 5.92 Å². The third-order valence-electron chi connectivity index (χ3n) is 9.31. The van der Waals surface area contributed by atoms with Gasteiger partial charge < -0.3 is 14.4 Å². The zero-order valence-electron chi connectivity index (χ0n) is 28.1. The summed E-state index contributed by atoms with van der Waals surface area (Å²) in [6.45, 7) is 20.8. The van der Waals surface area contributed by atoms with E-state index in [2.05, 4.69) is 53.7 Å². The zero-order chi connectivity index (χ0) is 33.3. The third kappa shape index (κ3) is 7.87. The van der Waals surface area contributed by atoms with Crippen LogP contribution in [0.2, 0.25) is 16.6 Å². The molecule has 1 saturated heterocycles. The van der Waals surface area contributed by atoms with Crippen LogP contribution in [-0.4, -0.2) is 42.7 Å². The van der Waals surface area contributed by atoms with E-state index in [1.54, 1.807) is 16.2 Å². The van der Waals surface area contributed by atoms with Gasteiger partial charge in [0.1, 0.15) is 25.5 Å². The Bertz CT molecular complexity index is 1420. The Morgan fingerprint density at radius 1 is 0.956 bits per heavy atom. The number of thiazole rings is 1. The van der Waals surface area contributed by atoms with Crippen molar-refractivity contribution in [3.05, 3.63) is 53.6 Å². The van der Waals surface area contributed by atoms with E-state index in [9.17, 15) is 18.0 Å². The summed E-state index contributed by atoms with van der Waals surface area (Å²) in [7, 11) is -2.01. The minimum atomic E-state index is -4.41. The van der Waals surface area contributed by atoms with Crippen LogP contribution < -0.4 is 9.37 Å². The number of para-hydroxylation sites is 1. The summed E-state index contributed by atoms with van der Waals surface area (Å²) in [4.78, 5) is 19.8. The molecule has 1 aliphatic heterocycles. The Morgan fingerprint density at radius 3 is 2.04 bits per heavy atom. The molecule has 2 aromatic carbocycles. The van der Waals surface area contributed by atoms with Gasteiger partial charge in [-0.05, 0) is 92.9 Å². The summed E-state index contributed by atoms with van der Waals surface area (Å²) in [6, 6.07) is 11.2. The molecule has 3 aromatic rings. The number of rotatable bonds is 9. The van der Waals surface area contributed by atoms with Gasteiger partial charge in [-0.1, -0.05) is 53.7 Å². The fourth-order valence-electron chi connectivity index (χ4n) is 7.26. The lowest BCUT2D eigenvalue weighted by atomic mass is 9.88. The summed E-state index contributed by atoms with van der Waals surface area (Å²) < 4.78 is 54.4. The number of amides is 1. The van der Waals surface area contributed by atoms with Gasteiger partial charge in [-0.15, -0.1) is 11.3 Å². The number of carbonyl (C=O) groups is 1. The highest BCUT2D eigenvalue weighted by Crippen LogP contribution is 2.44. The lowest BCUT2D eigenvalue weighted by Crippen LogP contribution is -2.55. The minimum absolute atomic E-state index is 0.256. The van der Waals surface area contributed by atoms with Crippen molar-refractivity contribution in [2.45, 2.75) is 116 Å². The molecular formula is C35H49F3N2O3SSi. The number of aromatic nitrogens is 1. The molecule has 0 spiro atoms. The fourth-order valence-corrected chi connectivity index (χ4v) is 17.0. The Balaban J connectivity index is 1.69. The highest BCUT2D eigenvalue weighted by Gasteiger charge is 2.47. The van der Waals surface area contributed by atoms with Crippen LogP contribution in [0.3, 0.4) is 0 Å². The Kier molecular flexibility index (Phi) is 10.7. The molecular weight excluding hydrogens is 614 g/mol. The molecule has 2 heterocycles. The maximum Gasteiger partial charge on any atom is 0.416 e. The standard InChI is InChI=1S/C35H49F3N2O3SSi/c1-22(2)45(23(3)4,24(5)6)32-39-31-28(11-10-12-30(31)44-32)29(42-27-15-13-26(14-16-27)35(36,37)38)21-25-17-19-40(20-18-25)33(41)43-34(7,8)9/h10-16,22-25,29H,17-21H2,1-9H3. The highest BCUT2D eigenvalue weighted by molar-refractivity contribution is 7.31. The number of hydrogen-bond acceptors (Lipinski definition) is 5. The predicted molar refractivity (Wildman–Crippen MR) is 180 cm³/mol. The molecule has 5 nitrogen and oxygen atoms in total. The van der Waals surface area contributed by atoms with Crippen molar-refractivity contribution in [3.63, 3.8) is 0 Å². The van der Waals surface area contributed by atoms with Crippen molar-refractivity contribution in [2.75, 3.05) is 13.1 Å². The second-order valence-electron chi connectivity index (χ2n) is 14.4. The van der Waals surface area contributed by atoms with Crippen LogP contribution in [0.5, 0.6) is 5.75 Å². The van der Waals surface area contributed by atoms with E-state index in [0.717, 1.165) is 40.8 Å². The number of hydrogen-bond donors (Lipinski definition) is 0. The molecule has 0 bridgehead atoms. The minimum Gasteiger partial charge on any atom is -0.486 e. The van der Waals surface area contributed by atoms with E-state index in [1.807, 2.05) is 26.8 Å². The molecule has 0 radical (unpaired) electrons. The smallest absolute Gasteiger partial charge is 0.416 e. The van der Waals surface area contributed by atoms with E-state index in [0.29, 0.717) is 41.9 Å². The van der Waals surface area contributed by atoms with Crippen molar-refractivity contribution in [1.82, 2.24) is 9.88 Å². The topological polar surface area (TPSA) is 51.7 Å². The SMILES string of the molecule is CC(C)[Si](c1nc2c(C(CC3CCN(C(=O)OC(C)(C)C)CC3)Oc3ccc(C(F)(F)F)cc3)cccc2s1)(C(C)C)C(C)C.